The summed E-state index contributed by atoms with van der Waals surface area (Å²) in [4.78, 5) is 16.8. The maximum absolute atomic E-state index is 13.1. The fourth-order valence-corrected chi connectivity index (χ4v) is 3.53. The number of amides is 1. The van der Waals surface area contributed by atoms with Crippen LogP contribution in [-0.4, -0.2) is 58.5 Å². The molecule has 7 nitrogen and oxygen atoms in total. The van der Waals surface area contributed by atoms with Crippen molar-refractivity contribution >= 4 is 11.6 Å². The number of aliphatic hydroxyl groups excluding tert-OH is 1. The van der Waals surface area contributed by atoms with Crippen LogP contribution in [0.3, 0.4) is 0 Å². The lowest BCUT2D eigenvalue weighted by Gasteiger charge is -2.36. The highest BCUT2D eigenvalue weighted by Gasteiger charge is 2.24. The van der Waals surface area contributed by atoms with Crippen LogP contribution in [0.15, 0.2) is 30.3 Å². The molecule has 2 heterocycles. The number of carbonyl (C=O) groups is 1. The molecule has 8 heteroatoms. The minimum atomic E-state index is -1.10. The second-order valence-corrected chi connectivity index (χ2v) is 7.12. The van der Waals surface area contributed by atoms with Gasteiger partial charge in [0.15, 0.2) is 6.29 Å². The third-order valence-electron chi connectivity index (χ3n) is 5.05. The van der Waals surface area contributed by atoms with E-state index in [1.54, 1.807) is 21.7 Å². The van der Waals surface area contributed by atoms with Crippen LogP contribution in [0.1, 0.15) is 37.9 Å². The molecule has 0 spiro atoms. The second-order valence-electron chi connectivity index (χ2n) is 7.12. The van der Waals surface area contributed by atoms with Gasteiger partial charge in [-0.25, -0.2) is 4.39 Å². The van der Waals surface area contributed by atoms with Gasteiger partial charge < -0.3 is 19.6 Å². The summed E-state index contributed by atoms with van der Waals surface area (Å²) in [6.45, 7) is 6.85. The third-order valence-corrected chi connectivity index (χ3v) is 5.05. The van der Waals surface area contributed by atoms with E-state index in [-0.39, 0.29) is 18.3 Å². The molecule has 3 rings (SSSR count). The summed E-state index contributed by atoms with van der Waals surface area (Å²) in [5.74, 6) is -0.297. The van der Waals surface area contributed by atoms with Crippen molar-refractivity contribution in [1.29, 1.82) is 0 Å². The van der Waals surface area contributed by atoms with Gasteiger partial charge in [0.2, 0.25) is 5.91 Å². The van der Waals surface area contributed by atoms with E-state index in [4.69, 9.17) is 4.74 Å². The number of hydrogen-bond acceptors (Lipinski definition) is 5. The molecule has 1 atom stereocenters. The SMILES string of the molecule is CCCc1cc(C(O)OCC)n(CC(=O)N2CCN(c3ccc(F)cc3)CC2)n1. The topological polar surface area (TPSA) is 70.8 Å². The van der Waals surface area contributed by atoms with Crippen molar-refractivity contribution in [2.24, 2.45) is 0 Å². The van der Waals surface area contributed by atoms with E-state index in [1.165, 1.54) is 12.1 Å². The first-order valence-electron chi connectivity index (χ1n) is 10.2. The predicted octanol–water partition coefficient (Wildman–Crippen LogP) is 2.35. The lowest BCUT2D eigenvalue weighted by Crippen LogP contribution is -2.49. The molecule has 0 bridgehead atoms. The summed E-state index contributed by atoms with van der Waals surface area (Å²) in [5, 5.41) is 14.7. The van der Waals surface area contributed by atoms with Crippen LogP contribution in [-0.2, 0) is 22.5 Å². The van der Waals surface area contributed by atoms with Crippen LogP contribution in [0.5, 0.6) is 0 Å². The minimum absolute atomic E-state index is 0.0418. The van der Waals surface area contributed by atoms with E-state index >= 15 is 0 Å². The van der Waals surface area contributed by atoms with Crippen molar-refractivity contribution in [3.8, 4) is 0 Å². The average molecular weight is 404 g/mol. The first-order chi connectivity index (χ1) is 14.0. The van der Waals surface area contributed by atoms with Gasteiger partial charge in [-0.1, -0.05) is 13.3 Å². The molecule has 0 saturated carbocycles. The van der Waals surface area contributed by atoms with Crippen LogP contribution in [0.25, 0.3) is 0 Å². The van der Waals surface area contributed by atoms with Gasteiger partial charge in [0, 0.05) is 38.5 Å². The highest BCUT2D eigenvalue weighted by atomic mass is 19.1. The zero-order valence-corrected chi connectivity index (χ0v) is 17.1. The molecular weight excluding hydrogens is 375 g/mol. The summed E-state index contributed by atoms with van der Waals surface area (Å²) in [6.07, 6.45) is 0.616. The van der Waals surface area contributed by atoms with Crippen LogP contribution in [0.2, 0.25) is 0 Å². The molecule has 1 amide bonds. The number of carbonyl (C=O) groups excluding carboxylic acids is 1. The molecule has 1 fully saturated rings. The largest absolute Gasteiger partial charge is 0.368 e. The van der Waals surface area contributed by atoms with E-state index in [2.05, 4.69) is 16.9 Å². The van der Waals surface area contributed by atoms with E-state index in [9.17, 15) is 14.3 Å². The van der Waals surface area contributed by atoms with Crippen molar-refractivity contribution in [3.05, 3.63) is 47.5 Å². The molecule has 0 aliphatic carbocycles. The summed E-state index contributed by atoms with van der Waals surface area (Å²) in [6, 6.07) is 8.22. The highest BCUT2D eigenvalue weighted by Crippen LogP contribution is 2.19. The molecule has 158 valence electrons. The maximum Gasteiger partial charge on any atom is 0.244 e. The van der Waals surface area contributed by atoms with E-state index < -0.39 is 6.29 Å². The standard InChI is InChI=1S/C21H29FN4O3/c1-3-5-17-14-19(21(28)29-4-2)26(23-17)15-20(27)25-12-10-24(11-13-25)18-8-6-16(22)7-9-18/h6-9,14,21,28H,3-5,10-13,15H2,1-2H3. The first kappa shape index (κ1) is 21.3. The number of hydrogen-bond donors (Lipinski definition) is 1. The summed E-state index contributed by atoms with van der Waals surface area (Å²) >= 11 is 0. The zero-order valence-electron chi connectivity index (χ0n) is 17.1. The van der Waals surface area contributed by atoms with Gasteiger partial charge in [-0.2, -0.15) is 5.10 Å². The molecule has 1 aromatic carbocycles. The number of halogens is 1. The van der Waals surface area contributed by atoms with Gasteiger partial charge in [-0.05, 0) is 43.7 Å². The van der Waals surface area contributed by atoms with E-state index in [0.29, 0.717) is 38.5 Å². The predicted molar refractivity (Wildman–Crippen MR) is 108 cm³/mol. The molecule has 1 aromatic heterocycles. The van der Waals surface area contributed by atoms with Gasteiger partial charge in [0.25, 0.3) is 0 Å². The second kappa shape index (κ2) is 9.84. The molecule has 1 aliphatic rings. The Kier molecular flexibility index (Phi) is 7.22. The molecule has 1 unspecified atom stereocenters. The molecule has 1 saturated heterocycles. The lowest BCUT2D eigenvalue weighted by molar-refractivity contribution is -0.133. The number of aromatic nitrogens is 2. The Morgan fingerprint density at radius 2 is 1.90 bits per heavy atom. The average Bonchev–Trinajstić information content (AvgIpc) is 3.11. The van der Waals surface area contributed by atoms with E-state index in [0.717, 1.165) is 24.2 Å². The normalized spacial score (nSPS) is 15.6. The quantitative estimate of drug-likeness (QED) is 0.684. The van der Waals surface area contributed by atoms with Crippen molar-refractivity contribution in [2.45, 2.75) is 39.5 Å². The first-order valence-corrected chi connectivity index (χ1v) is 10.2. The Balaban J connectivity index is 1.62. The van der Waals surface area contributed by atoms with Gasteiger partial charge in [0.05, 0.1) is 11.4 Å². The Morgan fingerprint density at radius 1 is 1.21 bits per heavy atom. The summed E-state index contributed by atoms with van der Waals surface area (Å²) < 4.78 is 20.0. The summed E-state index contributed by atoms with van der Waals surface area (Å²) in [7, 11) is 0. The van der Waals surface area contributed by atoms with Gasteiger partial charge in [0.1, 0.15) is 12.4 Å². The monoisotopic (exact) mass is 404 g/mol. The minimum Gasteiger partial charge on any atom is -0.368 e. The number of benzene rings is 1. The van der Waals surface area contributed by atoms with Crippen LogP contribution in [0, 0.1) is 5.82 Å². The number of ether oxygens (including phenoxy) is 1. The Hall–Kier alpha value is -2.45. The highest BCUT2D eigenvalue weighted by molar-refractivity contribution is 5.76. The van der Waals surface area contributed by atoms with Gasteiger partial charge >= 0.3 is 0 Å². The zero-order chi connectivity index (χ0) is 20.8. The maximum atomic E-state index is 13.1. The Morgan fingerprint density at radius 3 is 2.52 bits per heavy atom. The van der Waals surface area contributed by atoms with Gasteiger partial charge in [-0.3, -0.25) is 9.48 Å². The number of rotatable bonds is 8. The lowest BCUT2D eigenvalue weighted by atomic mass is 10.2. The molecular formula is C21H29FN4O3. The molecule has 29 heavy (non-hydrogen) atoms. The Labute approximate surface area is 170 Å². The molecule has 0 radical (unpaired) electrons. The van der Waals surface area contributed by atoms with Crippen LogP contribution < -0.4 is 4.90 Å². The number of aryl methyl sites for hydroxylation is 1. The smallest absolute Gasteiger partial charge is 0.244 e. The van der Waals surface area contributed by atoms with Crippen molar-refractivity contribution in [1.82, 2.24) is 14.7 Å². The molecule has 1 N–H and O–H groups in total. The van der Waals surface area contributed by atoms with E-state index in [1.807, 2.05) is 13.0 Å². The number of aliphatic hydroxyl groups is 1. The molecule has 1 aliphatic heterocycles. The van der Waals surface area contributed by atoms with Crippen LogP contribution in [0.4, 0.5) is 10.1 Å². The van der Waals surface area contributed by atoms with Crippen molar-refractivity contribution < 1.29 is 19.0 Å². The van der Waals surface area contributed by atoms with Crippen molar-refractivity contribution in [3.63, 3.8) is 0 Å². The third kappa shape index (κ3) is 5.33. The molecule has 2 aromatic rings. The summed E-state index contributed by atoms with van der Waals surface area (Å²) in [5.41, 5.74) is 2.31. The Bertz CT molecular complexity index is 801. The number of piperazine rings is 1. The van der Waals surface area contributed by atoms with Crippen LogP contribution >= 0.6 is 0 Å². The fraction of sp³-hybridized carbons (Fsp3) is 0.524. The number of nitrogens with zero attached hydrogens (tertiary/aromatic N) is 4. The van der Waals surface area contributed by atoms with Gasteiger partial charge in [-0.15, -0.1) is 0 Å². The number of anilines is 1. The van der Waals surface area contributed by atoms with Crippen molar-refractivity contribution in [2.75, 3.05) is 37.7 Å². The fourth-order valence-electron chi connectivity index (χ4n) is 3.53.